The number of aryl methyl sites for hydroxylation is 1. The van der Waals surface area contributed by atoms with Gasteiger partial charge in [0.25, 0.3) is 0 Å². The van der Waals surface area contributed by atoms with E-state index in [4.69, 9.17) is 10.4 Å². The average Bonchev–Trinajstić information content (AvgIpc) is 2.16. The molecule has 0 fully saturated rings. The number of nitrogens with zero attached hydrogens (tertiary/aromatic N) is 1. The van der Waals surface area contributed by atoms with Crippen LogP contribution in [0.4, 0.5) is 0 Å². The summed E-state index contributed by atoms with van der Waals surface area (Å²) >= 11 is 0. The topological polar surface area (TPSA) is 44.0 Å². The highest BCUT2D eigenvalue weighted by Gasteiger charge is 2.00. The molecule has 0 amide bonds. The molecule has 0 unspecified atom stereocenters. The van der Waals surface area contributed by atoms with Gasteiger partial charge in [-0.2, -0.15) is 5.26 Å². The van der Waals surface area contributed by atoms with Gasteiger partial charge < -0.3 is 5.11 Å². The number of hydrogen-bond donors (Lipinski definition) is 1. The zero-order valence-electron chi connectivity index (χ0n) is 6.77. The fourth-order valence-electron chi connectivity index (χ4n) is 1.01. The van der Waals surface area contributed by atoms with Crippen molar-refractivity contribution >= 4 is 0 Å². The van der Waals surface area contributed by atoms with Gasteiger partial charge in [-0.15, -0.1) is 0 Å². The summed E-state index contributed by atoms with van der Waals surface area (Å²) in [6.07, 6.45) is 0.445. The van der Waals surface area contributed by atoms with Crippen molar-refractivity contribution in [2.45, 2.75) is 18.9 Å². The summed E-state index contributed by atoms with van der Waals surface area (Å²) in [6, 6.07) is 11.6. The van der Waals surface area contributed by atoms with Gasteiger partial charge in [0.2, 0.25) is 0 Å². The van der Waals surface area contributed by atoms with Crippen molar-refractivity contribution in [1.82, 2.24) is 0 Å². The lowest BCUT2D eigenvalue weighted by Gasteiger charge is -2.00. The molecule has 12 heavy (non-hydrogen) atoms. The van der Waals surface area contributed by atoms with E-state index in [-0.39, 0.29) is 0 Å². The van der Waals surface area contributed by atoms with Crippen molar-refractivity contribution in [3.05, 3.63) is 35.9 Å². The van der Waals surface area contributed by atoms with E-state index in [1.807, 2.05) is 30.3 Å². The van der Waals surface area contributed by atoms with Crippen molar-refractivity contribution in [2.24, 2.45) is 0 Å². The van der Waals surface area contributed by atoms with Gasteiger partial charge in [-0.1, -0.05) is 30.3 Å². The van der Waals surface area contributed by atoms with Crippen molar-refractivity contribution in [3.8, 4) is 6.07 Å². The molecule has 0 saturated carbocycles. The molecule has 0 spiro atoms. The molecule has 0 saturated heterocycles. The molecule has 62 valence electrons. The molecule has 0 radical (unpaired) electrons. The maximum absolute atomic E-state index is 8.96. The molecule has 0 aliphatic carbocycles. The summed E-state index contributed by atoms with van der Waals surface area (Å²) in [5, 5.41) is 17.3. The highest BCUT2D eigenvalue weighted by atomic mass is 16.3. The van der Waals surface area contributed by atoms with Gasteiger partial charge in [0.1, 0.15) is 6.10 Å². The van der Waals surface area contributed by atoms with Crippen LogP contribution >= 0.6 is 0 Å². The minimum Gasteiger partial charge on any atom is -0.378 e. The van der Waals surface area contributed by atoms with Gasteiger partial charge in [-0.05, 0) is 18.4 Å². The van der Waals surface area contributed by atoms with Crippen LogP contribution in [0.1, 0.15) is 12.0 Å². The third-order valence-corrected chi connectivity index (χ3v) is 1.70. The minimum absolute atomic E-state index is 0.514. The van der Waals surface area contributed by atoms with E-state index in [0.29, 0.717) is 6.42 Å². The zero-order valence-corrected chi connectivity index (χ0v) is 6.77. The minimum atomic E-state index is -0.829. The molecule has 1 atom stereocenters. The van der Waals surface area contributed by atoms with E-state index in [2.05, 4.69) is 0 Å². The van der Waals surface area contributed by atoms with Gasteiger partial charge in [0.05, 0.1) is 6.07 Å². The van der Waals surface area contributed by atoms with Crippen LogP contribution in [0.3, 0.4) is 0 Å². The van der Waals surface area contributed by atoms with Crippen LogP contribution in [0.15, 0.2) is 30.3 Å². The monoisotopic (exact) mass is 161 g/mol. The number of aliphatic hydroxyl groups excluding tert-OH is 1. The molecule has 2 nitrogen and oxygen atoms in total. The Morgan fingerprint density at radius 3 is 2.58 bits per heavy atom. The van der Waals surface area contributed by atoms with E-state index >= 15 is 0 Å². The second-order valence-corrected chi connectivity index (χ2v) is 2.67. The molecule has 1 aromatic carbocycles. The fourth-order valence-corrected chi connectivity index (χ4v) is 1.01. The molecule has 0 aliphatic heterocycles. The first-order chi connectivity index (χ1) is 5.83. The van der Waals surface area contributed by atoms with Crippen LogP contribution in [0, 0.1) is 11.3 Å². The number of nitriles is 1. The second-order valence-electron chi connectivity index (χ2n) is 2.67. The lowest BCUT2D eigenvalue weighted by atomic mass is 10.1. The summed E-state index contributed by atoms with van der Waals surface area (Å²) in [6.45, 7) is 0. The smallest absolute Gasteiger partial charge is 0.140 e. The number of rotatable bonds is 3. The molecule has 0 bridgehead atoms. The van der Waals surface area contributed by atoms with E-state index in [9.17, 15) is 0 Å². The number of aliphatic hydroxyl groups is 1. The Labute approximate surface area is 72.1 Å². The molecule has 0 heterocycles. The van der Waals surface area contributed by atoms with Gasteiger partial charge in [0, 0.05) is 0 Å². The van der Waals surface area contributed by atoms with Crippen molar-refractivity contribution in [3.63, 3.8) is 0 Å². The lowest BCUT2D eigenvalue weighted by molar-refractivity contribution is 0.220. The van der Waals surface area contributed by atoms with E-state index < -0.39 is 6.10 Å². The van der Waals surface area contributed by atoms with Crippen molar-refractivity contribution < 1.29 is 5.11 Å². The molecular formula is C10H11NO. The van der Waals surface area contributed by atoms with E-state index in [1.165, 1.54) is 0 Å². The van der Waals surface area contributed by atoms with Crippen molar-refractivity contribution in [2.75, 3.05) is 0 Å². The zero-order chi connectivity index (χ0) is 8.81. The Morgan fingerprint density at radius 2 is 2.00 bits per heavy atom. The van der Waals surface area contributed by atoms with Gasteiger partial charge >= 0.3 is 0 Å². The maximum atomic E-state index is 8.96. The summed E-state index contributed by atoms with van der Waals surface area (Å²) in [5.41, 5.74) is 1.16. The number of hydrogen-bond acceptors (Lipinski definition) is 2. The Balaban J connectivity index is 2.40. The summed E-state index contributed by atoms with van der Waals surface area (Å²) in [4.78, 5) is 0. The summed E-state index contributed by atoms with van der Waals surface area (Å²) < 4.78 is 0. The Bertz CT molecular complexity index is 263. The van der Waals surface area contributed by atoms with Crippen LogP contribution in [-0.2, 0) is 6.42 Å². The molecule has 2 heteroatoms. The molecular weight excluding hydrogens is 150 g/mol. The average molecular weight is 161 g/mol. The Hall–Kier alpha value is -1.33. The maximum Gasteiger partial charge on any atom is 0.140 e. The van der Waals surface area contributed by atoms with E-state index in [0.717, 1.165) is 12.0 Å². The summed E-state index contributed by atoms with van der Waals surface area (Å²) in [7, 11) is 0. The molecule has 1 aromatic rings. The van der Waals surface area contributed by atoms with Crippen LogP contribution < -0.4 is 0 Å². The second kappa shape index (κ2) is 4.53. The van der Waals surface area contributed by atoms with Crippen LogP contribution in [0.5, 0.6) is 0 Å². The molecule has 1 N–H and O–H groups in total. The van der Waals surface area contributed by atoms with Crippen LogP contribution in [0.25, 0.3) is 0 Å². The molecule has 1 rings (SSSR count). The standard InChI is InChI=1S/C10H11NO/c11-8-10(12)7-6-9-4-2-1-3-5-9/h1-5,10,12H,6-7H2/t10-/m0/s1. The summed E-state index contributed by atoms with van der Waals surface area (Å²) in [5.74, 6) is 0. The van der Waals surface area contributed by atoms with Crippen molar-refractivity contribution in [1.29, 1.82) is 5.26 Å². The highest BCUT2D eigenvalue weighted by molar-refractivity contribution is 5.14. The van der Waals surface area contributed by atoms with Crippen LogP contribution in [-0.4, -0.2) is 11.2 Å². The Morgan fingerprint density at radius 1 is 1.33 bits per heavy atom. The third-order valence-electron chi connectivity index (χ3n) is 1.70. The first-order valence-electron chi connectivity index (χ1n) is 3.94. The number of benzene rings is 1. The first-order valence-corrected chi connectivity index (χ1v) is 3.94. The Kier molecular flexibility index (Phi) is 3.31. The highest BCUT2D eigenvalue weighted by Crippen LogP contribution is 2.03. The molecule has 0 aromatic heterocycles. The predicted octanol–water partition coefficient (Wildman–Crippen LogP) is 1.50. The van der Waals surface area contributed by atoms with Gasteiger partial charge in [-0.25, -0.2) is 0 Å². The van der Waals surface area contributed by atoms with E-state index in [1.54, 1.807) is 6.07 Å². The van der Waals surface area contributed by atoms with Gasteiger partial charge in [0.15, 0.2) is 0 Å². The van der Waals surface area contributed by atoms with Crippen LogP contribution in [0.2, 0.25) is 0 Å². The normalized spacial score (nSPS) is 12.0. The van der Waals surface area contributed by atoms with Gasteiger partial charge in [-0.3, -0.25) is 0 Å². The third kappa shape index (κ3) is 2.73. The molecule has 0 aliphatic rings. The SMILES string of the molecule is N#C[C@@H](O)CCc1ccccc1. The lowest BCUT2D eigenvalue weighted by Crippen LogP contribution is -2.03. The largest absolute Gasteiger partial charge is 0.378 e. The predicted molar refractivity (Wildman–Crippen MR) is 46.4 cm³/mol. The fraction of sp³-hybridized carbons (Fsp3) is 0.300. The quantitative estimate of drug-likeness (QED) is 0.683. The first kappa shape index (κ1) is 8.76.